The molecular weight excluding hydrogens is 420 g/mol. The summed E-state index contributed by atoms with van der Waals surface area (Å²) in [4.78, 5) is 30.0. The van der Waals surface area contributed by atoms with Crippen LogP contribution in [0, 0.1) is 5.92 Å². The first-order chi connectivity index (χ1) is 15.9. The summed E-state index contributed by atoms with van der Waals surface area (Å²) >= 11 is 0. The van der Waals surface area contributed by atoms with E-state index in [4.69, 9.17) is 19.6 Å². The molecule has 0 amide bonds. The van der Waals surface area contributed by atoms with Crippen molar-refractivity contribution in [3.63, 3.8) is 0 Å². The maximum absolute atomic E-state index is 9.27. The predicted octanol–water partition coefficient (Wildman–Crippen LogP) is 6.89. The molecule has 2 aliphatic heterocycles. The van der Waals surface area contributed by atoms with Gasteiger partial charge in [-0.3, -0.25) is 0 Å². The van der Waals surface area contributed by atoms with E-state index in [1.165, 1.54) is 51.4 Å². The topological polar surface area (TPSA) is 74.2 Å². The smallest absolute Gasteiger partial charge is 0.121 e. The zero-order valence-corrected chi connectivity index (χ0v) is 22.0. The number of aliphatic hydroxyl groups is 1. The van der Waals surface area contributed by atoms with Gasteiger partial charge in [-0.05, 0) is 32.1 Å². The van der Waals surface area contributed by atoms with Gasteiger partial charge in [0.25, 0.3) is 0 Å². The first-order valence-corrected chi connectivity index (χ1v) is 13.3. The summed E-state index contributed by atoms with van der Waals surface area (Å²) in [5.41, 5.74) is 0. The van der Waals surface area contributed by atoms with Gasteiger partial charge in [-0.25, -0.2) is 19.6 Å². The lowest BCUT2D eigenvalue weighted by molar-refractivity contribution is -0.307. The second kappa shape index (κ2) is 21.7. The molecule has 6 unspecified atom stereocenters. The standard InChI is InChI=1S/C13H24O2.C11H22O3.C3H6O/c1-4-6-7-9-11(3)13-10-12(8-5-2)14-15-13;1-3-4-5-6-7-10-8-11(9(2)12)14-13-10;1-2-3-4/h5,11-13H,2,4,6-10H2,1,3H3;9-12H,3-8H2,1-2H3;3H,2H2,1H3. The summed E-state index contributed by atoms with van der Waals surface area (Å²) in [6, 6.07) is 0. The molecule has 196 valence electrons. The number of aliphatic hydroxyl groups excluding tert-OH is 1. The molecule has 2 fully saturated rings. The van der Waals surface area contributed by atoms with E-state index >= 15 is 0 Å². The molecule has 0 aromatic rings. The molecule has 33 heavy (non-hydrogen) atoms. The van der Waals surface area contributed by atoms with Crippen molar-refractivity contribution >= 4 is 6.29 Å². The van der Waals surface area contributed by atoms with Crippen LogP contribution in [0.15, 0.2) is 12.7 Å². The van der Waals surface area contributed by atoms with Crippen LogP contribution in [0.3, 0.4) is 0 Å². The number of hydrogen-bond acceptors (Lipinski definition) is 6. The van der Waals surface area contributed by atoms with Gasteiger partial charge in [-0.2, -0.15) is 0 Å². The lowest BCUT2D eigenvalue weighted by Gasteiger charge is -2.15. The normalized spacial score (nSPS) is 25.9. The number of aldehydes is 1. The van der Waals surface area contributed by atoms with Crippen molar-refractivity contribution in [1.82, 2.24) is 0 Å². The molecule has 0 radical (unpaired) electrons. The number of unbranched alkanes of at least 4 members (excludes halogenated alkanes) is 5. The largest absolute Gasteiger partial charge is 0.391 e. The minimum atomic E-state index is -0.421. The Hall–Kier alpha value is -0.790. The SMILES string of the molecule is C=CCC1CC(C(C)CCCCC)OO1.CCC=O.CCCCCCC1CC(C(C)O)OO1. The van der Waals surface area contributed by atoms with Gasteiger partial charge in [0.05, 0.1) is 24.4 Å². The highest BCUT2D eigenvalue weighted by Gasteiger charge is 2.31. The average molecular weight is 473 g/mol. The van der Waals surface area contributed by atoms with Crippen molar-refractivity contribution in [3.05, 3.63) is 12.7 Å². The molecule has 0 aromatic heterocycles. The van der Waals surface area contributed by atoms with Gasteiger partial charge in [-0.15, -0.1) is 6.58 Å². The van der Waals surface area contributed by atoms with Gasteiger partial charge in [-0.1, -0.05) is 78.7 Å². The number of carbonyl (C=O) groups is 1. The molecule has 0 aromatic carbocycles. The summed E-state index contributed by atoms with van der Waals surface area (Å²) < 4.78 is 0. The van der Waals surface area contributed by atoms with E-state index in [-0.39, 0.29) is 18.3 Å². The van der Waals surface area contributed by atoms with Crippen LogP contribution in [0.1, 0.15) is 118 Å². The molecule has 6 atom stereocenters. The predicted molar refractivity (Wildman–Crippen MR) is 134 cm³/mol. The molecule has 2 saturated heterocycles. The highest BCUT2D eigenvalue weighted by Crippen LogP contribution is 2.28. The summed E-state index contributed by atoms with van der Waals surface area (Å²) in [7, 11) is 0. The van der Waals surface area contributed by atoms with E-state index < -0.39 is 6.10 Å². The van der Waals surface area contributed by atoms with E-state index in [9.17, 15) is 9.90 Å². The minimum Gasteiger partial charge on any atom is -0.391 e. The molecule has 0 aliphatic carbocycles. The lowest BCUT2D eigenvalue weighted by Crippen LogP contribution is -2.21. The second-order valence-electron chi connectivity index (χ2n) is 9.34. The van der Waals surface area contributed by atoms with Crippen molar-refractivity contribution in [3.8, 4) is 0 Å². The Balaban J connectivity index is 0.000000536. The monoisotopic (exact) mass is 472 g/mol. The Kier molecular flexibility index (Phi) is 21.2. The number of carbonyl (C=O) groups excluding carboxylic acids is 1. The van der Waals surface area contributed by atoms with Crippen molar-refractivity contribution in [2.24, 2.45) is 5.92 Å². The summed E-state index contributed by atoms with van der Waals surface area (Å²) in [5.74, 6) is 0.617. The van der Waals surface area contributed by atoms with Gasteiger partial charge in [0, 0.05) is 19.3 Å². The van der Waals surface area contributed by atoms with Gasteiger partial charge >= 0.3 is 0 Å². The third-order valence-corrected chi connectivity index (χ3v) is 6.03. The number of hydrogen-bond donors (Lipinski definition) is 1. The van der Waals surface area contributed by atoms with Crippen LogP contribution >= 0.6 is 0 Å². The van der Waals surface area contributed by atoms with Crippen LogP contribution in [-0.4, -0.2) is 41.9 Å². The zero-order valence-electron chi connectivity index (χ0n) is 22.0. The fourth-order valence-electron chi connectivity index (χ4n) is 3.77. The summed E-state index contributed by atoms with van der Waals surface area (Å²) in [6.45, 7) is 14.0. The van der Waals surface area contributed by atoms with Crippen molar-refractivity contribution in [1.29, 1.82) is 0 Å². The van der Waals surface area contributed by atoms with Crippen LogP contribution in [0.2, 0.25) is 0 Å². The maximum atomic E-state index is 9.27. The fraction of sp³-hybridized carbons (Fsp3) is 0.889. The Morgan fingerprint density at radius 3 is 2.00 bits per heavy atom. The molecular formula is C27H52O6. The lowest BCUT2D eigenvalue weighted by atomic mass is 9.93. The molecule has 2 heterocycles. The average Bonchev–Trinajstić information content (AvgIpc) is 3.48. The van der Waals surface area contributed by atoms with Crippen molar-refractivity contribution < 1.29 is 29.5 Å². The molecule has 1 N–H and O–H groups in total. The van der Waals surface area contributed by atoms with Gasteiger partial charge in [0.15, 0.2) is 0 Å². The van der Waals surface area contributed by atoms with Gasteiger partial charge in [0.2, 0.25) is 0 Å². The fourth-order valence-corrected chi connectivity index (χ4v) is 3.77. The van der Waals surface area contributed by atoms with Crippen LogP contribution in [0.5, 0.6) is 0 Å². The minimum absolute atomic E-state index is 0.119. The van der Waals surface area contributed by atoms with Crippen molar-refractivity contribution in [2.45, 2.75) is 149 Å². The summed E-state index contributed by atoms with van der Waals surface area (Å²) in [5, 5.41) is 9.27. The Morgan fingerprint density at radius 1 is 0.879 bits per heavy atom. The molecule has 0 saturated carbocycles. The molecule has 2 aliphatic rings. The summed E-state index contributed by atoms with van der Waals surface area (Å²) in [6.07, 6.45) is 17.6. The molecule has 6 nitrogen and oxygen atoms in total. The van der Waals surface area contributed by atoms with E-state index in [1.54, 1.807) is 6.92 Å². The first-order valence-electron chi connectivity index (χ1n) is 13.3. The molecule has 0 spiro atoms. The quantitative estimate of drug-likeness (QED) is 0.128. The molecule has 6 heteroatoms. The van der Waals surface area contributed by atoms with Gasteiger partial charge < -0.3 is 9.90 Å². The highest BCUT2D eigenvalue weighted by atomic mass is 17.2. The zero-order chi connectivity index (χ0) is 24.9. The Labute approximate surface area is 203 Å². The van der Waals surface area contributed by atoms with E-state index in [0.717, 1.165) is 32.0 Å². The Bertz CT molecular complexity index is 456. The van der Waals surface area contributed by atoms with E-state index in [0.29, 0.717) is 18.4 Å². The molecule has 0 bridgehead atoms. The van der Waals surface area contributed by atoms with E-state index in [2.05, 4.69) is 27.4 Å². The Morgan fingerprint density at radius 2 is 1.45 bits per heavy atom. The van der Waals surface area contributed by atoms with Gasteiger partial charge in [0.1, 0.15) is 12.4 Å². The highest BCUT2D eigenvalue weighted by molar-refractivity contribution is 5.48. The number of rotatable bonds is 14. The van der Waals surface area contributed by atoms with Crippen LogP contribution < -0.4 is 0 Å². The first kappa shape index (κ1) is 32.2. The van der Waals surface area contributed by atoms with Crippen molar-refractivity contribution in [2.75, 3.05) is 0 Å². The van der Waals surface area contributed by atoms with E-state index in [1.807, 2.05) is 13.0 Å². The third-order valence-electron chi connectivity index (χ3n) is 6.03. The van der Waals surface area contributed by atoms with Crippen LogP contribution in [0.4, 0.5) is 0 Å². The maximum Gasteiger partial charge on any atom is 0.121 e. The second-order valence-corrected chi connectivity index (χ2v) is 9.34. The molecule has 2 rings (SSSR count). The van der Waals surface area contributed by atoms with Crippen LogP contribution in [0.25, 0.3) is 0 Å². The third kappa shape index (κ3) is 16.5. The van der Waals surface area contributed by atoms with Crippen LogP contribution in [-0.2, 0) is 24.3 Å².